The van der Waals surface area contributed by atoms with Gasteiger partial charge >= 0.3 is 0 Å². The van der Waals surface area contributed by atoms with Crippen molar-refractivity contribution >= 4 is 26.4 Å². The van der Waals surface area contributed by atoms with Crippen molar-refractivity contribution in [1.29, 1.82) is 0 Å². The number of hydrogen-bond donors (Lipinski definition) is 1. The zero-order chi connectivity index (χ0) is 19.3. The summed E-state index contributed by atoms with van der Waals surface area (Å²) in [6.07, 6.45) is 2.60. The number of fused-ring (bicyclic) bond motifs is 2. The van der Waals surface area contributed by atoms with Crippen LogP contribution in [0.3, 0.4) is 0 Å². The van der Waals surface area contributed by atoms with E-state index >= 15 is 0 Å². The highest BCUT2D eigenvalue weighted by molar-refractivity contribution is 7.91. The molecule has 3 heterocycles. The summed E-state index contributed by atoms with van der Waals surface area (Å²) in [4.78, 5) is 7.03. The van der Waals surface area contributed by atoms with E-state index in [-0.39, 0.29) is 9.79 Å². The van der Waals surface area contributed by atoms with Crippen LogP contribution >= 0.6 is 0 Å². The minimum atomic E-state index is -3.74. The second kappa shape index (κ2) is 6.53. The van der Waals surface area contributed by atoms with Crippen molar-refractivity contribution in [2.75, 3.05) is 24.5 Å². The molecule has 2 aliphatic heterocycles. The summed E-state index contributed by atoms with van der Waals surface area (Å²) in [5.41, 5.74) is 1.85. The Hall–Kier alpha value is -2.51. The summed E-state index contributed by atoms with van der Waals surface area (Å²) >= 11 is 0. The predicted molar refractivity (Wildman–Crippen MR) is 106 cm³/mol. The molecule has 2 aromatic carbocycles. The molecule has 3 aromatic rings. The Morgan fingerprint density at radius 3 is 2.68 bits per heavy atom. The minimum Gasteiger partial charge on any atom is -0.368 e. The SMILES string of the molecule is O=S(=O)(c1ccc(F)cc1)c1cnc2c(N3CC4CCNC4C3)cccc2c1. The Bertz CT molecular complexity index is 1140. The number of sulfone groups is 1. The highest BCUT2D eigenvalue weighted by atomic mass is 32.2. The first-order valence-corrected chi connectivity index (χ1v) is 10.9. The van der Waals surface area contributed by atoms with Gasteiger partial charge in [0.2, 0.25) is 9.84 Å². The van der Waals surface area contributed by atoms with Crippen molar-refractivity contribution in [2.24, 2.45) is 5.92 Å². The van der Waals surface area contributed by atoms with Crippen molar-refractivity contribution in [3.05, 3.63) is 60.5 Å². The Balaban J connectivity index is 1.53. The maximum atomic E-state index is 13.1. The van der Waals surface area contributed by atoms with Crippen molar-refractivity contribution in [3.63, 3.8) is 0 Å². The number of aromatic nitrogens is 1. The van der Waals surface area contributed by atoms with Crippen molar-refractivity contribution in [2.45, 2.75) is 22.3 Å². The molecule has 0 saturated carbocycles. The van der Waals surface area contributed by atoms with Crippen LogP contribution in [0.4, 0.5) is 10.1 Å². The van der Waals surface area contributed by atoms with Gasteiger partial charge in [0.15, 0.2) is 0 Å². The van der Waals surface area contributed by atoms with Crippen LogP contribution < -0.4 is 10.2 Å². The molecule has 5 nitrogen and oxygen atoms in total. The molecule has 0 amide bonds. The monoisotopic (exact) mass is 397 g/mol. The van der Waals surface area contributed by atoms with Crippen LogP contribution in [0.1, 0.15) is 6.42 Å². The van der Waals surface area contributed by atoms with Crippen LogP contribution in [0.5, 0.6) is 0 Å². The number of nitrogens with one attached hydrogen (secondary N) is 1. The Morgan fingerprint density at radius 1 is 1.07 bits per heavy atom. The first kappa shape index (κ1) is 17.6. The van der Waals surface area contributed by atoms with Gasteiger partial charge < -0.3 is 10.2 Å². The maximum Gasteiger partial charge on any atom is 0.208 e. The van der Waals surface area contributed by atoms with E-state index in [0.717, 1.165) is 48.4 Å². The molecule has 5 rings (SSSR count). The number of benzene rings is 2. The quantitative estimate of drug-likeness (QED) is 0.689. The van der Waals surface area contributed by atoms with E-state index in [0.29, 0.717) is 12.0 Å². The van der Waals surface area contributed by atoms with E-state index in [1.165, 1.54) is 24.8 Å². The number of anilines is 1. The van der Waals surface area contributed by atoms with E-state index in [1.807, 2.05) is 18.2 Å². The van der Waals surface area contributed by atoms with Gasteiger partial charge in [-0.1, -0.05) is 12.1 Å². The van der Waals surface area contributed by atoms with E-state index in [1.54, 1.807) is 6.07 Å². The molecule has 28 heavy (non-hydrogen) atoms. The fraction of sp³-hybridized carbons (Fsp3) is 0.286. The third-order valence-electron chi connectivity index (χ3n) is 5.80. The van der Waals surface area contributed by atoms with Crippen LogP contribution in [0, 0.1) is 11.7 Å². The lowest BCUT2D eigenvalue weighted by molar-refractivity contribution is 0.556. The van der Waals surface area contributed by atoms with Crippen LogP contribution in [0.25, 0.3) is 10.9 Å². The smallest absolute Gasteiger partial charge is 0.208 e. The lowest BCUT2D eigenvalue weighted by atomic mass is 10.1. The molecule has 2 aliphatic rings. The zero-order valence-corrected chi connectivity index (χ0v) is 16.0. The highest BCUT2D eigenvalue weighted by Crippen LogP contribution is 2.34. The first-order valence-electron chi connectivity index (χ1n) is 9.40. The molecule has 1 aromatic heterocycles. The Labute approximate surface area is 163 Å². The first-order chi connectivity index (χ1) is 13.5. The van der Waals surface area contributed by atoms with Gasteiger partial charge in [-0.3, -0.25) is 4.98 Å². The average Bonchev–Trinajstić information content (AvgIpc) is 3.29. The Kier molecular flexibility index (Phi) is 4.10. The van der Waals surface area contributed by atoms with Gasteiger partial charge in [-0.2, -0.15) is 0 Å². The number of pyridine rings is 1. The molecule has 2 fully saturated rings. The van der Waals surface area contributed by atoms with Gasteiger partial charge in [-0.15, -0.1) is 0 Å². The molecule has 0 aliphatic carbocycles. The van der Waals surface area contributed by atoms with E-state index in [9.17, 15) is 12.8 Å². The third-order valence-corrected chi connectivity index (χ3v) is 7.54. The summed E-state index contributed by atoms with van der Waals surface area (Å²) in [5, 5.41) is 4.33. The van der Waals surface area contributed by atoms with Crippen LogP contribution in [-0.2, 0) is 9.84 Å². The Morgan fingerprint density at radius 2 is 1.89 bits per heavy atom. The van der Waals surface area contributed by atoms with Crippen LogP contribution in [-0.4, -0.2) is 39.1 Å². The summed E-state index contributed by atoms with van der Waals surface area (Å²) in [7, 11) is -3.74. The van der Waals surface area contributed by atoms with E-state index in [2.05, 4.69) is 15.2 Å². The summed E-state index contributed by atoms with van der Waals surface area (Å²) in [6, 6.07) is 12.9. The number of halogens is 1. The molecule has 2 atom stereocenters. The largest absolute Gasteiger partial charge is 0.368 e. The molecular weight excluding hydrogens is 377 g/mol. The average molecular weight is 397 g/mol. The molecular formula is C21H20FN3O2S. The molecule has 144 valence electrons. The lowest BCUT2D eigenvalue weighted by Crippen LogP contribution is -2.30. The topological polar surface area (TPSA) is 62.3 Å². The summed E-state index contributed by atoms with van der Waals surface area (Å²) < 4.78 is 38.9. The van der Waals surface area contributed by atoms with Crippen molar-refractivity contribution < 1.29 is 12.8 Å². The van der Waals surface area contributed by atoms with Crippen LogP contribution in [0.15, 0.2) is 64.5 Å². The molecule has 0 bridgehead atoms. The van der Waals surface area contributed by atoms with E-state index in [4.69, 9.17) is 0 Å². The van der Waals surface area contributed by atoms with Crippen molar-refractivity contribution in [3.8, 4) is 0 Å². The number of para-hydroxylation sites is 1. The maximum absolute atomic E-state index is 13.1. The molecule has 0 spiro atoms. The molecule has 7 heteroatoms. The number of rotatable bonds is 3. The van der Waals surface area contributed by atoms with Crippen molar-refractivity contribution in [1.82, 2.24) is 10.3 Å². The summed E-state index contributed by atoms with van der Waals surface area (Å²) in [5.74, 6) is 0.193. The van der Waals surface area contributed by atoms with E-state index < -0.39 is 15.7 Å². The van der Waals surface area contributed by atoms with Gasteiger partial charge in [-0.05, 0) is 55.3 Å². The second-order valence-corrected chi connectivity index (χ2v) is 9.44. The standard InChI is InChI=1S/C21H20FN3O2S/c22-16-4-6-17(7-5-16)28(26,27)18-10-14-2-1-3-20(21(14)24-11-18)25-12-15-8-9-23-19(15)13-25/h1-7,10-11,15,19,23H,8-9,12-13H2. The summed E-state index contributed by atoms with van der Waals surface area (Å²) in [6.45, 7) is 3.02. The van der Waals surface area contributed by atoms with Gasteiger partial charge in [0.1, 0.15) is 5.82 Å². The van der Waals surface area contributed by atoms with Gasteiger partial charge in [0, 0.05) is 30.7 Å². The number of hydrogen-bond acceptors (Lipinski definition) is 5. The fourth-order valence-corrected chi connectivity index (χ4v) is 5.56. The highest BCUT2D eigenvalue weighted by Gasteiger charge is 2.36. The molecule has 2 saturated heterocycles. The number of nitrogens with zero attached hydrogens (tertiary/aromatic N) is 2. The normalized spacial score (nSPS) is 22.0. The third kappa shape index (κ3) is 2.86. The van der Waals surface area contributed by atoms with Gasteiger partial charge in [-0.25, -0.2) is 12.8 Å². The molecule has 0 radical (unpaired) electrons. The fourth-order valence-electron chi connectivity index (χ4n) is 4.32. The zero-order valence-electron chi connectivity index (χ0n) is 15.2. The molecule has 1 N–H and O–H groups in total. The van der Waals surface area contributed by atoms with Gasteiger partial charge in [0.05, 0.1) is 21.0 Å². The van der Waals surface area contributed by atoms with Gasteiger partial charge in [0.25, 0.3) is 0 Å². The lowest BCUT2D eigenvalue weighted by Gasteiger charge is -2.21. The predicted octanol–water partition coefficient (Wildman–Crippen LogP) is 3.00. The molecule has 2 unspecified atom stereocenters. The second-order valence-electron chi connectivity index (χ2n) is 7.49. The van der Waals surface area contributed by atoms with Crippen LogP contribution in [0.2, 0.25) is 0 Å². The minimum absolute atomic E-state index is 0.0599.